The van der Waals surface area contributed by atoms with Gasteiger partial charge in [0, 0.05) is 16.8 Å². The number of halogens is 1. The van der Waals surface area contributed by atoms with Crippen molar-refractivity contribution < 1.29 is 19.0 Å². The van der Waals surface area contributed by atoms with E-state index in [0.29, 0.717) is 53.3 Å². The van der Waals surface area contributed by atoms with Gasteiger partial charge in [-0.25, -0.2) is 0 Å². The highest BCUT2D eigenvalue weighted by Crippen LogP contribution is 2.35. The molecule has 1 heterocycles. The third kappa shape index (κ3) is 3.88. The van der Waals surface area contributed by atoms with Crippen molar-refractivity contribution in [1.29, 1.82) is 0 Å². The second kappa shape index (κ2) is 7.49. The molecule has 0 saturated carbocycles. The van der Waals surface area contributed by atoms with Gasteiger partial charge in [0.15, 0.2) is 11.5 Å². The Balaban J connectivity index is 1.87. The molecule has 0 atom stereocenters. The normalized spacial score (nSPS) is 12.4. The molecule has 0 aromatic heterocycles. The van der Waals surface area contributed by atoms with Crippen LogP contribution in [0, 0.1) is 6.92 Å². The maximum Gasteiger partial charge on any atom is 0.259 e. The third-order valence-corrected chi connectivity index (χ3v) is 3.92. The number of nitrogens with one attached hydrogen (secondary N) is 1. The van der Waals surface area contributed by atoms with E-state index in [-0.39, 0.29) is 5.91 Å². The van der Waals surface area contributed by atoms with Gasteiger partial charge in [-0.3, -0.25) is 4.79 Å². The Kier molecular flexibility index (Phi) is 5.14. The molecule has 0 spiro atoms. The predicted octanol–water partition coefficient (Wildman–Crippen LogP) is 4.24. The summed E-state index contributed by atoms with van der Waals surface area (Å²) in [4.78, 5) is 12.7. The average Bonchev–Trinajstić information content (AvgIpc) is 2.61. The molecular weight excluding hydrogens is 342 g/mol. The first kappa shape index (κ1) is 17.2. The van der Waals surface area contributed by atoms with E-state index in [0.717, 1.165) is 5.56 Å². The number of benzene rings is 2. The molecule has 1 amide bonds. The predicted molar refractivity (Wildman–Crippen MR) is 97.3 cm³/mol. The molecule has 0 saturated heterocycles. The fraction of sp³-hybridized carbons (Fsp3) is 0.211. The van der Waals surface area contributed by atoms with Crippen molar-refractivity contribution in [2.45, 2.75) is 6.92 Å². The molecule has 0 fully saturated rings. The lowest BCUT2D eigenvalue weighted by Crippen LogP contribution is -2.17. The third-order valence-electron chi connectivity index (χ3n) is 3.68. The van der Waals surface area contributed by atoms with Crippen LogP contribution in [0.15, 0.2) is 43.0 Å². The van der Waals surface area contributed by atoms with E-state index in [1.54, 1.807) is 30.3 Å². The van der Waals surface area contributed by atoms with Crippen molar-refractivity contribution >= 4 is 23.2 Å². The standard InChI is InChI=1S/C19H18ClNO4/c1-3-6-23-16-5-4-13(20)10-14(16)19(22)21-15-11-18-17(9-12(15)2)24-7-8-25-18/h3-5,9-11H,1,6-8H2,2H3,(H,21,22). The Morgan fingerprint density at radius 3 is 2.72 bits per heavy atom. The van der Waals surface area contributed by atoms with Crippen molar-refractivity contribution in [2.75, 3.05) is 25.1 Å². The molecule has 0 aliphatic carbocycles. The van der Waals surface area contributed by atoms with E-state index in [1.165, 1.54) is 0 Å². The van der Waals surface area contributed by atoms with Crippen LogP contribution in [0.5, 0.6) is 17.2 Å². The molecule has 2 aromatic rings. The van der Waals surface area contributed by atoms with E-state index >= 15 is 0 Å². The minimum absolute atomic E-state index is 0.297. The summed E-state index contributed by atoms with van der Waals surface area (Å²) >= 11 is 6.03. The number of rotatable bonds is 5. The lowest BCUT2D eigenvalue weighted by molar-refractivity contribution is 0.102. The van der Waals surface area contributed by atoms with Crippen LogP contribution in [-0.4, -0.2) is 25.7 Å². The second-order valence-electron chi connectivity index (χ2n) is 5.51. The molecule has 0 unspecified atom stereocenters. The molecule has 5 nitrogen and oxygen atoms in total. The fourth-order valence-corrected chi connectivity index (χ4v) is 2.64. The zero-order valence-electron chi connectivity index (χ0n) is 13.8. The van der Waals surface area contributed by atoms with Gasteiger partial charge < -0.3 is 19.5 Å². The van der Waals surface area contributed by atoms with E-state index in [1.807, 2.05) is 13.0 Å². The average molecular weight is 360 g/mol. The van der Waals surface area contributed by atoms with E-state index in [4.69, 9.17) is 25.8 Å². The highest BCUT2D eigenvalue weighted by Gasteiger charge is 2.18. The number of fused-ring (bicyclic) bond motifs is 1. The Morgan fingerprint density at radius 2 is 2.00 bits per heavy atom. The molecule has 130 valence electrons. The lowest BCUT2D eigenvalue weighted by Gasteiger charge is -2.20. The van der Waals surface area contributed by atoms with E-state index in [2.05, 4.69) is 11.9 Å². The molecule has 2 aromatic carbocycles. The van der Waals surface area contributed by atoms with Crippen LogP contribution in [0.1, 0.15) is 15.9 Å². The number of anilines is 1. The van der Waals surface area contributed by atoms with Gasteiger partial charge in [0.1, 0.15) is 25.6 Å². The first-order valence-electron chi connectivity index (χ1n) is 7.83. The van der Waals surface area contributed by atoms with Crippen LogP contribution >= 0.6 is 11.6 Å². The molecule has 1 aliphatic rings. The van der Waals surface area contributed by atoms with Crippen LogP contribution in [0.4, 0.5) is 5.69 Å². The summed E-state index contributed by atoms with van der Waals surface area (Å²) < 4.78 is 16.7. The van der Waals surface area contributed by atoms with Crippen molar-refractivity contribution in [1.82, 2.24) is 0 Å². The number of carbonyl (C=O) groups is 1. The number of hydrogen-bond acceptors (Lipinski definition) is 4. The molecular formula is C19H18ClNO4. The molecule has 0 radical (unpaired) electrons. The van der Waals surface area contributed by atoms with Gasteiger partial charge in [-0.05, 0) is 36.8 Å². The Morgan fingerprint density at radius 1 is 1.28 bits per heavy atom. The highest BCUT2D eigenvalue weighted by molar-refractivity contribution is 6.31. The number of amides is 1. The van der Waals surface area contributed by atoms with Crippen LogP contribution in [0.3, 0.4) is 0 Å². The van der Waals surface area contributed by atoms with Crippen LogP contribution < -0.4 is 19.5 Å². The first-order chi connectivity index (χ1) is 12.1. The van der Waals surface area contributed by atoms with Crippen molar-refractivity contribution in [3.63, 3.8) is 0 Å². The molecule has 1 N–H and O–H groups in total. The minimum atomic E-state index is -0.318. The SMILES string of the molecule is C=CCOc1ccc(Cl)cc1C(=O)Nc1cc2c(cc1C)OCCO2. The Labute approximate surface area is 151 Å². The summed E-state index contributed by atoms with van der Waals surface area (Å²) in [6.07, 6.45) is 1.61. The van der Waals surface area contributed by atoms with Crippen molar-refractivity contribution in [3.8, 4) is 17.2 Å². The molecule has 3 rings (SSSR count). The van der Waals surface area contributed by atoms with Crippen LogP contribution in [-0.2, 0) is 0 Å². The second-order valence-corrected chi connectivity index (χ2v) is 5.94. The Hall–Kier alpha value is -2.66. The summed E-state index contributed by atoms with van der Waals surface area (Å²) in [5.74, 6) is 1.42. The van der Waals surface area contributed by atoms with Crippen LogP contribution in [0.25, 0.3) is 0 Å². The van der Waals surface area contributed by atoms with Gasteiger partial charge in [0.05, 0.1) is 5.56 Å². The monoisotopic (exact) mass is 359 g/mol. The number of carbonyl (C=O) groups excluding carboxylic acids is 1. The minimum Gasteiger partial charge on any atom is -0.489 e. The van der Waals surface area contributed by atoms with Crippen molar-refractivity contribution in [3.05, 3.63) is 59.1 Å². The van der Waals surface area contributed by atoms with Gasteiger partial charge in [0.2, 0.25) is 0 Å². The van der Waals surface area contributed by atoms with Gasteiger partial charge >= 0.3 is 0 Å². The summed E-state index contributed by atoms with van der Waals surface area (Å²) in [7, 11) is 0. The van der Waals surface area contributed by atoms with Gasteiger partial charge in [0.25, 0.3) is 5.91 Å². The smallest absolute Gasteiger partial charge is 0.259 e. The summed E-state index contributed by atoms with van der Waals surface area (Å²) in [5, 5.41) is 3.34. The van der Waals surface area contributed by atoms with Crippen LogP contribution in [0.2, 0.25) is 5.02 Å². The first-order valence-corrected chi connectivity index (χ1v) is 8.21. The largest absolute Gasteiger partial charge is 0.489 e. The number of aryl methyl sites for hydroxylation is 1. The summed E-state index contributed by atoms with van der Waals surface area (Å²) in [6.45, 7) is 6.80. The molecule has 1 aliphatic heterocycles. The molecule has 6 heteroatoms. The number of ether oxygens (including phenoxy) is 3. The maximum atomic E-state index is 12.7. The maximum absolute atomic E-state index is 12.7. The number of hydrogen-bond donors (Lipinski definition) is 1. The quantitative estimate of drug-likeness (QED) is 0.811. The zero-order valence-corrected chi connectivity index (χ0v) is 14.6. The van der Waals surface area contributed by atoms with Crippen molar-refractivity contribution in [2.24, 2.45) is 0 Å². The van der Waals surface area contributed by atoms with Gasteiger partial charge in [-0.2, -0.15) is 0 Å². The molecule has 25 heavy (non-hydrogen) atoms. The Bertz CT molecular complexity index is 819. The van der Waals surface area contributed by atoms with Gasteiger partial charge in [-0.1, -0.05) is 24.3 Å². The topological polar surface area (TPSA) is 56.8 Å². The summed E-state index contributed by atoms with van der Waals surface area (Å²) in [5.41, 5.74) is 1.86. The van der Waals surface area contributed by atoms with Gasteiger partial charge in [-0.15, -0.1) is 0 Å². The van der Waals surface area contributed by atoms with E-state index < -0.39 is 0 Å². The fourth-order valence-electron chi connectivity index (χ4n) is 2.47. The lowest BCUT2D eigenvalue weighted by atomic mass is 10.1. The highest BCUT2D eigenvalue weighted by atomic mass is 35.5. The zero-order chi connectivity index (χ0) is 17.8. The van der Waals surface area contributed by atoms with E-state index in [9.17, 15) is 4.79 Å². The summed E-state index contributed by atoms with van der Waals surface area (Å²) in [6, 6.07) is 8.51. The molecule has 0 bridgehead atoms.